The summed E-state index contributed by atoms with van der Waals surface area (Å²) < 4.78 is 10.6. The number of carbonyl (C=O) groups is 1. The lowest BCUT2D eigenvalue weighted by molar-refractivity contribution is -0.124. The zero-order valence-electron chi connectivity index (χ0n) is 11.2. The Bertz CT molecular complexity index is 464. The smallest absolute Gasteiger partial charge is 0.244 e. The first-order valence-electron chi connectivity index (χ1n) is 6.17. The third-order valence-corrected chi connectivity index (χ3v) is 3.25. The molecule has 0 radical (unpaired) electrons. The number of ether oxygens (including phenoxy) is 2. The molecule has 3 N–H and O–H groups in total. The summed E-state index contributed by atoms with van der Waals surface area (Å²) >= 11 is 0. The molecule has 1 aromatic rings. The minimum absolute atomic E-state index is 0.0816. The number of methoxy groups -OCH3 is 1. The van der Waals surface area contributed by atoms with Gasteiger partial charge in [-0.2, -0.15) is 0 Å². The quantitative estimate of drug-likeness (QED) is 0.765. The number of carbonyl (C=O) groups excluding carboxylic acids is 1. The van der Waals surface area contributed by atoms with E-state index < -0.39 is 0 Å². The zero-order chi connectivity index (χ0) is 13.8. The predicted octanol–water partition coefficient (Wildman–Crippen LogP) is 0.229. The minimum Gasteiger partial charge on any atom is -0.495 e. The highest BCUT2D eigenvalue weighted by atomic mass is 16.5. The summed E-state index contributed by atoms with van der Waals surface area (Å²) in [6, 6.07) is 5.18. The second-order valence-corrected chi connectivity index (χ2v) is 4.29. The molecule has 2 rings (SSSR count). The Labute approximate surface area is 112 Å². The summed E-state index contributed by atoms with van der Waals surface area (Å²) in [4.78, 5) is 13.9. The topological polar surface area (TPSA) is 76.8 Å². The number of hydrogen-bond acceptors (Lipinski definition) is 5. The van der Waals surface area contributed by atoms with Crippen molar-refractivity contribution < 1.29 is 14.3 Å². The molecule has 0 aliphatic carbocycles. The molecule has 1 aliphatic heterocycles. The van der Waals surface area contributed by atoms with Gasteiger partial charge in [0.1, 0.15) is 11.8 Å². The number of hydrogen-bond donors (Lipinski definition) is 2. The fourth-order valence-corrected chi connectivity index (χ4v) is 2.24. The average Bonchev–Trinajstić information content (AvgIpc) is 2.47. The Hall–Kier alpha value is -1.95. The number of amides is 1. The first-order chi connectivity index (χ1) is 9.19. The summed E-state index contributed by atoms with van der Waals surface area (Å²) in [5.74, 6) is 0.529. The van der Waals surface area contributed by atoms with Crippen LogP contribution in [0, 0.1) is 0 Å². The Balaban J connectivity index is 2.35. The van der Waals surface area contributed by atoms with E-state index in [2.05, 4.69) is 5.32 Å². The number of morpholine rings is 1. The third kappa shape index (κ3) is 2.58. The van der Waals surface area contributed by atoms with Gasteiger partial charge in [0.25, 0.3) is 0 Å². The van der Waals surface area contributed by atoms with Crippen molar-refractivity contribution in [3.05, 3.63) is 18.2 Å². The van der Waals surface area contributed by atoms with Crippen LogP contribution in [-0.2, 0) is 9.53 Å². The van der Waals surface area contributed by atoms with Crippen LogP contribution in [0.2, 0.25) is 0 Å². The van der Waals surface area contributed by atoms with Crippen LogP contribution in [0.25, 0.3) is 0 Å². The molecule has 1 amide bonds. The van der Waals surface area contributed by atoms with E-state index in [-0.39, 0.29) is 11.9 Å². The zero-order valence-corrected chi connectivity index (χ0v) is 11.2. The molecule has 1 fully saturated rings. The number of nitrogens with one attached hydrogen (secondary N) is 1. The van der Waals surface area contributed by atoms with Crippen LogP contribution in [0.4, 0.5) is 11.4 Å². The van der Waals surface area contributed by atoms with Gasteiger partial charge in [-0.25, -0.2) is 0 Å². The number of likely N-dealkylation sites (N-methyl/N-ethyl adjacent to an activating group) is 1. The van der Waals surface area contributed by atoms with E-state index in [9.17, 15) is 4.79 Å². The van der Waals surface area contributed by atoms with E-state index in [4.69, 9.17) is 15.2 Å². The largest absolute Gasteiger partial charge is 0.495 e. The highest BCUT2D eigenvalue weighted by Crippen LogP contribution is 2.33. The molecule has 1 heterocycles. The Morgan fingerprint density at radius 2 is 2.37 bits per heavy atom. The SMILES string of the molecule is CNC(=O)C1COCCN1c1cccc(OC)c1N. The monoisotopic (exact) mass is 265 g/mol. The number of nitrogen functional groups attached to an aromatic ring is 1. The van der Waals surface area contributed by atoms with E-state index in [1.54, 1.807) is 20.2 Å². The number of anilines is 2. The molecule has 0 saturated carbocycles. The molecule has 1 unspecified atom stereocenters. The van der Waals surface area contributed by atoms with Gasteiger partial charge in [0.05, 0.1) is 31.7 Å². The molecule has 6 heteroatoms. The van der Waals surface area contributed by atoms with E-state index >= 15 is 0 Å². The van der Waals surface area contributed by atoms with E-state index in [0.717, 1.165) is 5.69 Å². The molecule has 19 heavy (non-hydrogen) atoms. The number of nitrogens with two attached hydrogens (primary N) is 1. The van der Waals surface area contributed by atoms with Crippen LogP contribution >= 0.6 is 0 Å². The second-order valence-electron chi connectivity index (χ2n) is 4.29. The molecule has 1 aromatic carbocycles. The lowest BCUT2D eigenvalue weighted by atomic mass is 10.1. The van der Waals surface area contributed by atoms with Crippen molar-refractivity contribution in [2.45, 2.75) is 6.04 Å². The lowest BCUT2D eigenvalue weighted by Crippen LogP contribution is -2.53. The first kappa shape index (κ1) is 13.5. The van der Waals surface area contributed by atoms with Gasteiger partial charge < -0.3 is 25.4 Å². The van der Waals surface area contributed by atoms with E-state index in [1.807, 2.05) is 17.0 Å². The van der Waals surface area contributed by atoms with E-state index in [1.165, 1.54) is 0 Å². The van der Waals surface area contributed by atoms with Gasteiger partial charge in [0.15, 0.2) is 0 Å². The molecule has 0 aromatic heterocycles. The van der Waals surface area contributed by atoms with Crippen molar-refractivity contribution in [2.24, 2.45) is 0 Å². The van der Waals surface area contributed by atoms with Gasteiger partial charge in [0.2, 0.25) is 5.91 Å². The molecule has 0 bridgehead atoms. The standard InChI is InChI=1S/C13H19N3O3/c1-15-13(17)10-8-19-7-6-16(10)9-4-3-5-11(18-2)12(9)14/h3-5,10H,6-8,14H2,1-2H3,(H,15,17). The fraction of sp³-hybridized carbons (Fsp3) is 0.462. The second kappa shape index (κ2) is 5.79. The molecule has 104 valence electrons. The molecule has 1 aliphatic rings. The summed E-state index contributed by atoms with van der Waals surface area (Å²) in [6.07, 6.45) is 0. The predicted molar refractivity (Wildman–Crippen MR) is 73.4 cm³/mol. The van der Waals surface area contributed by atoms with Gasteiger partial charge in [-0.1, -0.05) is 6.07 Å². The number of benzene rings is 1. The molecule has 1 saturated heterocycles. The molecule has 1 atom stereocenters. The summed E-state index contributed by atoms with van der Waals surface area (Å²) in [7, 11) is 3.19. The number of para-hydroxylation sites is 1. The van der Waals surface area contributed by atoms with Crippen LogP contribution in [0.5, 0.6) is 5.75 Å². The van der Waals surface area contributed by atoms with Crippen molar-refractivity contribution in [3.63, 3.8) is 0 Å². The van der Waals surface area contributed by atoms with Gasteiger partial charge in [-0.15, -0.1) is 0 Å². The maximum atomic E-state index is 11.9. The fourth-order valence-electron chi connectivity index (χ4n) is 2.24. The summed E-state index contributed by atoms with van der Waals surface area (Å²) in [6.45, 7) is 1.55. The molecule has 6 nitrogen and oxygen atoms in total. The normalized spacial score (nSPS) is 19.1. The maximum Gasteiger partial charge on any atom is 0.244 e. The van der Waals surface area contributed by atoms with Gasteiger partial charge in [-0.05, 0) is 12.1 Å². The summed E-state index contributed by atoms with van der Waals surface area (Å²) in [5, 5.41) is 2.65. The van der Waals surface area contributed by atoms with Crippen molar-refractivity contribution in [1.29, 1.82) is 0 Å². The number of rotatable bonds is 3. The van der Waals surface area contributed by atoms with Crippen molar-refractivity contribution in [1.82, 2.24) is 5.32 Å². The first-order valence-corrected chi connectivity index (χ1v) is 6.17. The highest BCUT2D eigenvalue weighted by Gasteiger charge is 2.30. The van der Waals surface area contributed by atoms with E-state index in [0.29, 0.717) is 31.2 Å². The van der Waals surface area contributed by atoms with Crippen molar-refractivity contribution in [2.75, 3.05) is 44.5 Å². The highest BCUT2D eigenvalue weighted by molar-refractivity contribution is 5.87. The molecular weight excluding hydrogens is 246 g/mol. The average molecular weight is 265 g/mol. The van der Waals surface area contributed by atoms with Crippen LogP contribution in [0.15, 0.2) is 18.2 Å². The Kier molecular flexibility index (Phi) is 4.11. The van der Waals surface area contributed by atoms with Gasteiger partial charge in [0, 0.05) is 13.6 Å². The van der Waals surface area contributed by atoms with Crippen molar-refractivity contribution >= 4 is 17.3 Å². The van der Waals surface area contributed by atoms with Crippen LogP contribution in [-0.4, -0.2) is 45.9 Å². The van der Waals surface area contributed by atoms with Gasteiger partial charge in [-0.3, -0.25) is 4.79 Å². The van der Waals surface area contributed by atoms with Crippen LogP contribution in [0.1, 0.15) is 0 Å². The third-order valence-electron chi connectivity index (χ3n) is 3.25. The Morgan fingerprint density at radius 1 is 1.58 bits per heavy atom. The van der Waals surface area contributed by atoms with Gasteiger partial charge >= 0.3 is 0 Å². The van der Waals surface area contributed by atoms with Crippen molar-refractivity contribution in [3.8, 4) is 5.75 Å². The minimum atomic E-state index is -0.367. The Morgan fingerprint density at radius 3 is 3.05 bits per heavy atom. The molecule has 0 spiro atoms. The van der Waals surface area contributed by atoms with Crippen LogP contribution < -0.4 is 20.7 Å². The number of nitrogens with zero attached hydrogens (tertiary/aromatic N) is 1. The summed E-state index contributed by atoms with van der Waals surface area (Å²) in [5.41, 5.74) is 7.43. The maximum absolute atomic E-state index is 11.9. The lowest BCUT2D eigenvalue weighted by Gasteiger charge is -2.36. The molecular formula is C13H19N3O3. The van der Waals surface area contributed by atoms with Crippen LogP contribution in [0.3, 0.4) is 0 Å².